The molecular weight excluding hydrogens is 348 g/mol. The standard InChI is InChI=1S/C23H28N4O/c1-2-27-22-20(17-11-6-7-12-18(17)23(28)24-22)21(25-27)19-13-8-14-26(19)15-16-9-4-3-5-10-16/h3-5,9-10,19H,2,6-8,11-15H2,1H3,(H,24,28). The van der Waals surface area contributed by atoms with E-state index < -0.39 is 0 Å². The van der Waals surface area contributed by atoms with Gasteiger partial charge in [0.1, 0.15) is 5.65 Å². The quantitative estimate of drug-likeness (QED) is 0.750. The van der Waals surface area contributed by atoms with Crippen molar-refractivity contribution in [3.05, 3.63) is 63.1 Å². The van der Waals surface area contributed by atoms with Gasteiger partial charge in [-0.3, -0.25) is 9.69 Å². The van der Waals surface area contributed by atoms with Crippen LogP contribution in [0.1, 0.15) is 61.0 Å². The molecule has 28 heavy (non-hydrogen) atoms. The molecule has 1 N–H and O–H groups in total. The molecule has 1 aliphatic heterocycles. The average molecular weight is 377 g/mol. The maximum atomic E-state index is 12.7. The summed E-state index contributed by atoms with van der Waals surface area (Å²) in [5.74, 6) is 0. The third-order valence-electron chi connectivity index (χ3n) is 6.46. The van der Waals surface area contributed by atoms with E-state index in [4.69, 9.17) is 5.10 Å². The van der Waals surface area contributed by atoms with Crippen LogP contribution in [0.15, 0.2) is 35.1 Å². The first kappa shape index (κ1) is 17.7. The van der Waals surface area contributed by atoms with Gasteiger partial charge in [-0.05, 0) is 63.1 Å². The van der Waals surface area contributed by atoms with Gasteiger partial charge >= 0.3 is 0 Å². The lowest BCUT2D eigenvalue weighted by Crippen LogP contribution is -2.24. The van der Waals surface area contributed by atoms with Gasteiger partial charge < -0.3 is 4.98 Å². The summed E-state index contributed by atoms with van der Waals surface area (Å²) in [6, 6.07) is 11.0. The lowest BCUT2D eigenvalue weighted by Gasteiger charge is -2.24. The second-order valence-electron chi connectivity index (χ2n) is 8.16. The number of nitrogens with zero attached hydrogens (tertiary/aromatic N) is 3. The number of fused-ring (bicyclic) bond motifs is 3. The third-order valence-corrected chi connectivity index (χ3v) is 6.46. The zero-order valence-corrected chi connectivity index (χ0v) is 16.6. The van der Waals surface area contributed by atoms with Crippen molar-refractivity contribution < 1.29 is 0 Å². The molecule has 5 nitrogen and oxygen atoms in total. The molecule has 5 heteroatoms. The second-order valence-corrected chi connectivity index (χ2v) is 8.16. The molecule has 3 aromatic rings. The second kappa shape index (κ2) is 7.21. The number of H-pyrrole nitrogens is 1. The summed E-state index contributed by atoms with van der Waals surface area (Å²) < 4.78 is 2.00. The summed E-state index contributed by atoms with van der Waals surface area (Å²) in [5.41, 5.74) is 5.82. The van der Waals surface area contributed by atoms with Crippen LogP contribution in [0.2, 0.25) is 0 Å². The maximum absolute atomic E-state index is 12.7. The molecule has 0 saturated carbocycles. The van der Waals surface area contributed by atoms with Gasteiger partial charge in [-0.1, -0.05) is 30.3 Å². The summed E-state index contributed by atoms with van der Waals surface area (Å²) in [6.45, 7) is 4.93. The van der Waals surface area contributed by atoms with Gasteiger partial charge in [0, 0.05) is 24.0 Å². The SMILES string of the molecule is CCn1nc(C2CCCN2Cc2ccccc2)c2c3c(c(=O)[nH]c21)CCCC3. The molecule has 5 rings (SSSR count). The van der Waals surface area contributed by atoms with Crippen LogP contribution in [-0.4, -0.2) is 26.2 Å². The Kier molecular flexibility index (Phi) is 4.55. The summed E-state index contributed by atoms with van der Waals surface area (Å²) >= 11 is 0. The number of aryl methyl sites for hydroxylation is 2. The van der Waals surface area contributed by atoms with Crippen LogP contribution in [0.4, 0.5) is 0 Å². The van der Waals surface area contributed by atoms with E-state index in [1.54, 1.807) is 0 Å². The number of hydrogen-bond acceptors (Lipinski definition) is 3. The number of hydrogen-bond donors (Lipinski definition) is 1. The van der Waals surface area contributed by atoms with Crippen LogP contribution in [-0.2, 0) is 25.9 Å². The van der Waals surface area contributed by atoms with Crippen molar-refractivity contribution in [1.29, 1.82) is 0 Å². The molecule has 0 radical (unpaired) electrons. The molecule has 1 atom stereocenters. The van der Waals surface area contributed by atoms with E-state index in [1.165, 1.54) is 35.0 Å². The van der Waals surface area contributed by atoms with Crippen LogP contribution < -0.4 is 5.56 Å². The number of aromatic nitrogens is 3. The molecule has 1 saturated heterocycles. The van der Waals surface area contributed by atoms with E-state index in [1.807, 2.05) is 4.68 Å². The maximum Gasteiger partial charge on any atom is 0.253 e. The lowest BCUT2D eigenvalue weighted by molar-refractivity contribution is 0.244. The Morgan fingerprint density at radius 1 is 1.11 bits per heavy atom. The number of likely N-dealkylation sites (tertiary alicyclic amines) is 1. The minimum Gasteiger partial charge on any atom is -0.307 e. The monoisotopic (exact) mass is 376 g/mol. The van der Waals surface area contributed by atoms with Crippen molar-refractivity contribution in [2.75, 3.05) is 6.54 Å². The third kappa shape index (κ3) is 2.89. The number of aromatic amines is 1. The van der Waals surface area contributed by atoms with Crippen LogP contribution in [0.25, 0.3) is 11.0 Å². The van der Waals surface area contributed by atoms with Gasteiger partial charge in [0.05, 0.1) is 11.7 Å². The Labute approximate surface area is 165 Å². The molecule has 146 valence electrons. The van der Waals surface area contributed by atoms with Crippen LogP contribution in [0.5, 0.6) is 0 Å². The smallest absolute Gasteiger partial charge is 0.253 e. The Hall–Kier alpha value is -2.40. The molecule has 1 aromatic carbocycles. The van der Waals surface area contributed by atoms with Crippen molar-refractivity contribution >= 4 is 11.0 Å². The van der Waals surface area contributed by atoms with Gasteiger partial charge in [0.15, 0.2) is 0 Å². The average Bonchev–Trinajstić information content (AvgIpc) is 3.33. The number of rotatable bonds is 4. The number of nitrogens with one attached hydrogen (secondary N) is 1. The first-order valence-electron chi connectivity index (χ1n) is 10.7. The first-order valence-corrected chi connectivity index (χ1v) is 10.7. The molecule has 1 fully saturated rings. The van der Waals surface area contributed by atoms with Crippen molar-refractivity contribution in [3.8, 4) is 0 Å². The largest absolute Gasteiger partial charge is 0.307 e. The van der Waals surface area contributed by atoms with E-state index in [0.717, 1.165) is 56.5 Å². The predicted molar refractivity (Wildman–Crippen MR) is 111 cm³/mol. The molecule has 0 spiro atoms. The van der Waals surface area contributed by atoms with Crippen LogP contribution in [0, 0.1) is 0 Å². The number of benzene rings is 1. The van der Waals surface area contributed by atoms with Gasteiger partial charge in [-0.15, -0.1) is 0 Å². The molecule has 3 heterocycles. The highest BCUT2D eigenvalue weighted by atomic mass is 16.1. The Bertz CT molecular complexity index is 1050. The first-order chi connectivity index (χ1) is 13.8. The van der Waals surface area contributed by atoms with Crippen LogP contribution >= 0.6 is 0 Å². The zero-order valence-electron chi connectivity index (χ0n) is 16.6. The molecule has 1 unspecified atom stereocenters. The molecule has 0 bridgehead atoms. The Morgan fingerprint density at radius 2 is 1.89 bits per heavy atom. The van der Waals surface area contributed by atoms with Gasteiger partial charge in [-0.2, -0.15) is 5.10 Å². The highest BCUT2D eigenvalue weighted by molar-refractivity contribution is 5.84. The molecule has 0 amide bonds. The van der Waals surface area contributed by atoms with Crippen molar-refractivity contribution in [3.63, 3.8) is 0 Å². The van der Waals surface area contributed by atoms with E-state index in [2.05, 4.69) is 47.1 Å². The van der Waals surface area contributed by atoms with Crippen LogP contribution in [0.3, 0.4) is 0 Å². The Balaban J connectivity index is 1.63. The minimum absolute atomic E-state index is 0.0934. The van der Waals surface area contributed by atoms with Crippen molar-refractivity contribution in [1.82, 2.24) is 19.7 Å². The van der Waals surface area contributed by atoms with Crippen molar-refractivity contribution in [2.24, 2.45) is 0 Å². The van der Waals surface area contributed by atoms with E-state index >= 15 is 0 Å². The molecular formula is C23H28N4O. The predicted octanol–water partition coefficient (Wildman–Crippen LogP) is 3.96. The van der Waals surface area contributed by atoms with Gasteiger partial charge in [0.25, 0.3) is 5.56 Å². The van der Waals surface area contributed by atoms with Gasteiger partial charge in [-0.25, -0.2) is 4.68 Å². The summed E-state index contributed by atoms with van der Waals surface area (Å²) in [5, 5.41) is 6.27. The van der Waals surface area contributed by atoms with E-state index in [9.17, 15) is 4.79 Å². The fraction of sp³-hybridized carbons (Fsp3) is 0.478. The Morgan fingerprint density at radius 3 is 2.68 bits per heavy atom. The fourth-order valence-electron chi connectivity index (χ4n) is 5.12. The summed E-state index contributed by atoms with van der Waals surface area (Å²) in [7, 11) is 0. The normalized spacial score (nSPS) is 20.0. The highest BCUT2D eigenvalue weighted by Gasteiger charge is 2.32. The highest BCUT2D eigenvalue weighted by Crippen LogP contribution is 2.38. The van der Waals surface area contributed by atoms with Gasteiger partial charge in [0.2, 0.25) is 0 Å². The molecule has 1 aliphatic carbocycles. The minimum atomic E-state index is 0.0934. The van der Waals surface area contributed by atoms with Crippen molar-refractivity contribution in [2.45, 2.75) is 64.6 Å². The number of pyridine rings is 1. The lowest BCUT2D eigenvalue weighted by atomic mass is 9.89. The summed E-state index contributed by atoms with van der Waals surface area (Å²) in [6.07, 6.45) is 6.52. The zero-order chi connectivity index (χ0) is 19.1. The summed E-state index contributed by atoms with van der Waals surface area (Å²) in [4.78, 5) is 18.4. The van der Waals surface area contributed by atoms with E-state index in [-0.39, 0.29) is 5.56 Å². The fourth-order valence-corrected chi connectivity index (χ4v) is 5.12. The topological polar surface area (TPSA) is 53.9 Å². The van der Waals surface area contributed by atoms with E-state index in [0.29, 0.717) is 6.04 Å². The molecule has 2 aromatic heterocycles. The molecule has 2 aliphatic rings.